The summed E-state index contributed by atoms with van der Waals surface area (Å²) in [6, 6.07) is 16.5. The highest BCUT2D eigenvalue weighted by Gasteiger charge is 2.15. The van der Waals surface area contributed by atoms with Gasteiger partial charge in [0.1, 0.15) is 5.01 Å². The Morgan fingerprint density at radius 2 is 1.55 bits per heavy atom. The fourth-order valence-corrected chi connectivity index (χ4v) is 4.39. The molecule has 0 spiro atoms. The number of hydrogen-bond acceptors (Lipinski definition) is 5. The highest BCUT2D eigenvalue weighted by molar-refractivity contribution is 8.01. The molecule has 3 nitrogen and oxygen atoms in total. The molecule has 4 rings (SSSR count). The summed E-state index contributed by atoms with van der Waals surface area (Å²) in [6.07, 6.45) is 0. The summed E-state index contributed by atoms with van der Waals surface area (Å²) >= 11 is 3.38. The first kappa shape index (κ1) is 13.7. The molecule has 0 bridgehead atoms. The van der Waals surface area contributed by atoms with Gasteiger partial charge in [0, 0.05) is 16.3 Å². The number of para-hydroxylation sites is 2. The number of hydrogen-bond donors (Lipinski definition) is 0. The van der Waals surface area contributed by atoms with Crippen LogP contribution in [0, 0.1) is 0 Å². The average Bonchev–Trinajstić information content (AvgIpc) is 3.01. The molecule has 2 heterocycles. The summed E-state index contributed by atoms with van der Waals surface area (Å²) in [5.41, 5.74) is 3.13. The van der Waals surface area contributed by atoms with E-state index in [1.165, 1.54) is 0 Å². The first-order chi connectivity index (χ1) is 10.9. The van der Waals surface area contributed by atoms with Crippen LogP contribution in [-0.4, -0.2) is 20.9 Å². The maximum atomic E-state index is 4.76. The minimum Gasteiger partial charge on any atom is -0.248 e. The highest BCUT2D eigenvalue weighted by Crippen LogP contribution is 2.37. The molecule has 4 aromatic rings. The van der Waals surface area contributed by atoms with Crippen LogP contribution in [0.25, 0.3) is 32.4 Å². The lowest BCUT2D eigenvalue weighted by Gasteiger charge is -2.07. The van der Waals surface area contributed by atoms with E-state index < -0.39 is 0 Å². The van der Waals surface area contributed by atoms with Crippen molar-refractivity contribution in [1.29, 1.82) is 0 Å². The van der Waals surface area contributed by atoms with Gasteiger partial charge in [0.25, 0.3) is 0 Å². The molecule has 0 atom stereocenters. The van der Waals surface area contributed by atoms with E-state index >= 15 is 0 Å². The Hall–Kier alpha value is -1.98. The lowest BCUT2D eigenvalue weighted by molar-refractivity contribution is 1.02. The van der Waals surface area contributed by atoms with Crippen LogP contribution in [0.4, 0.5) is 0 Å². The van der Waals surface area contributed by atoms with Crippen molar-refractivity contribution in [2.45, 2.75) is 11.3 Å². The molecule has 0 radical (unpaired) electrons. The van der Waals surface area contributed by atoms with E-state index in [1.54, 1.807) is 23.1 Å². The predicted molar refractivity (Wildman–Crippen MR) is 94.6 cm³/mol. The van der Waals surface area contributed by atoms with Crippen molar-refractivity contribution in [1.82, 2.24) is 15.2 Å². The van der Waals surface area contributed by atoms with Gasteiger partial charge in [0.05, 0.1) is 11.0 Å². The van der Waals surface area contributed by atoms with Crippen LogP contribution < -0.4 is 0 Å². The number of thioether (sulfide) groups is 1. The topological polar surface area (TPSA) is 38.7 Å². The molecule has 0 fully saturated rings. The molecule has 0 saturated carbocycles. The second-order valence-corrected chi connectivity index (χ2v) is 7.32. The second kappa shape index (κ2) is 5.66. The molecule has 2 aromatic carbocycles. The van der Waals surface area contributed by atoms with Crippen LogP contribution in [0.3, 0.4) is 0 Å². The smallest absolute Gasteiger partial charge is 0.174 e. The zero-order chi connectivity index (χ0) is 14.9. The molecule has 22 heavy (non-hydrogen) atoms. The first-order valence-corrected chi connectivity index (χ1v) is 8.91. The largest absolute Gasteiger partial charge is 0.248 e. The molecule has 0 aliphatic heterocycles. The SMILES string of the molecule is CCSc1nnc(-c2c3ccccc3nc3ccccc23)s1. The molecule has 108 valence electrons. The fraction of sp³-hybridized carbons (Fsp3) is 0.118. The van der Waals surface area contributed by atoms with E-state index in [4.69, 9.17) is 4.98 Å². The average molecular weight is 323 g/mol. The van der Waals surface area contributed by atoms with Gasteiger partial charge in [0.15, 0.2) is 4.34 Å². The zero-order valence-corrected chi connectivity index (χ0v) is 13.6. The van der Waals surface area contributed by atoms with Gasteiger partial charge in [-0.15, -0.1) is 10.2 Å². The number of rotatable bonds is 3. The van der Waals surface area contributed by atoms with E-state index in [1.807, 2.05) is 36.4 Å². The van der Waals surface area contributed by atoms with Gasteiger partial charge in [0.2, 0.25) is 0 Å². The summed E-state index contributed by atoms with van der Waals surface area (Å²) in [4.78, 5) is 4.76. The van der Waals surface area contributed by atoms with E-state index in [0.717, 1.165) is 42.5 Å². The summed E-state index contributed by atoms with van der Waals surface area (Å²) in [7, 11) is 0. The molecule has 0 aliphatic carbocycles. The van der Waals surface area contributed by atoms with Crippen LogP contribution in [0.15, 0.2) is 52.9 Å². The molecule has 0 saturated heterocycles. The van der Waals surface area contributed by atoms with Gasteiger partial charge >= 0.3 is 0 Å². The maximum absolute atomic E-state index is 4.76. The summed E-state index contributed by atoms with van der Waals surface area (Å²) in [5, 5.41) is 12.0. The highest BCUT2D eigenvalue weighted by atomic mass is 32.2. The first-order valence-electron chi connectivity index (χ1n) is 7.11. The standard InChI is InChI=1S/C17H13N3S2/c1-2-21-17-20-19-16(22-17)15-11-7-3-5-9-13(11)18-14-10-6-4-8-12(14)15/h3-10H,2H2,1H3. The number of benzene rings is 2. The van der Waals surface area contributed by atoms with Gasteiger partial charge in [-0.2, -0.15) is 0 Å². The normalized spacial score (nSPS) is 11.3. The van der Waals surface area contributed by atoms with Gasteiger partial charge < -0.3 is 0 Å². The van der Waals surface area contributed by atoms with E-state index in [0.29, 0.717) is 0 Å². The van der Waals surface area contributed by atoms with Crippen molar-refractivity contribution in [3.05, 3.63) is 48.5 Å². The van der Waals surface area contributed by atoms with Crippen LogP contribution in [0.1, 0.15) is 6.92 Å². The van der Waals surface area contributed by atoms with E-state index in [-0.39, 0.29) is 0 Å². The Labute approximate surface area is 136 Å². The molecular weight excluding hydrogens is 310 g/mol. The monoisotopic (exact) mass is 323 g/mol. The number of fused-ring (bicyclic) bond motifs is 2. The van der Waals surface area contributed by atoms with Crippen LogP contribution in [0.5, 0.6) is 0 Å². The number of pyridine rings is 1. The third-order valence-corrected chi connectivity index (χ3v) is 5.43. The van der Waals surface area contributed by atoms with E-state index in [2.05, 4.69) is 29.3 Å². The van der Waals surface area contributed by atoms with Crippen LogP contribution >= 0.6 is 23.1 Å². The zero-order valence-electron chi connectivity index (χ0n) is 12.0. The van der Waals surface area contributed by atoms with Crippen molar-refractivity contribution in [3.63, 3.8) is 0 Å². The van der Waals surface area contributed by atoms with Gasteiger partial charge in [-0.05, 0) is 17.9 Å². The Balaban J connectivity index is 2.07. The molecule has 2 aromatic heterocycles. The van der Waals surface area contributed by atoms with Crippen molar-refractivity contribution in [3.8, 4) is 10.6 Å². The molecule has 0 unspecified atom stereocenters. The van der Waals surface area contributed by atoms with Crippen molar-refractivity contribution < 1.29 is 0 Å². The van der Waals surface area contributed by atoms with Crippen LogP contribution in [-0.2, 0) is 0 Å². The molecule has 0 aliphatic rings. The molecule has 0 amide bonds. The quantitative estimate of drug-likeness (QED) is 0.392. The second-order valence-electron chi connectivity index (χ2n) is 4.83. The lowest BCUT2D eigenvalue weighted by Crippen LogP contribution is -1.88. The number of nitrogens with zero attached hydrogens (tertiary/aromatic N) is 3. The van der Waals surface area contributed by atoms with Gasteiger partial charge in [-0.1, -0.05) is 66.4 Å². The minimum atomic E-state index is 0.964. The van der Waals surface area contributed by atoms with Gasteiger partial charge in [-0.3, -0.25) is 0 Å². The Bertz CT molecular complexity index is 908. The van der Waals surface area contributed by atoms with E-state index in [9.17, 15) is 0 Å². The minimum absolute atomic E-state index is 0.964. The Morgan fingerprint density at radius 3 is 2.18 bits per heavy atom. The predicted octanol–water partition coefficient (Wildman–Crippen LogP) is 5.02. The molecular formula is C17H13N3S2. The third kappa shape index (κ3) is 2.26. The summed E-state index contributed by atoms with van der Waals surface area (Å²) in [5.74, 6) is 1.01. The molecule has 0 N–H and O–H groups in total. The molecule has 5 heteroatoms. The summed E-state index contributed by atoms with van der Waals surface area (Å²) in [6.45, 7) is 2.13. The van der Waals surface area contributed by atoms with Crippen LogP contribution in [0.2, 0.25) is 0 Å². The third-order valence-electron chi connectivity index (χ3n) is 3.48. The summed E-state index contributed by atoms with van der Waals surface area (Å²) < 4.78 is 1.02. The maximum Gasteiger partial charge on any atom is 0.174 e. The Kier molecular flexibility index (Phi) is 3.52. The van der Waals surface area contributed by atoms with Crippen molar-refractivity contribution in [2.24, 2.45) is 0 Å². The van der Waals surface area contributed by atoms with Gasteiger partial charge in [-0.25, -0.2) is 4.98 Å². The Morgan fingerprint density at radius 1 is 0.909 bits per heavy atom. The number of aromatic nitrogens is 3. The fourth-order valence-electron chi connectivity index (χ4n) is 2.56. The van der Waals surface area contributed by atoms with Crippen molar-refractivity contribution >= 4 is 44.9 Å². The lowest BCUT2D eigenvalue weighted by atomic mass is 10.0. The van der Waals surface area contributed by atoms with Crippen molar-refractivity contribution in [2.75, 3.05) is 5.75 Å².